The van der Waals surface area contributed by atoms with E-state index < -0.39 is 4.92 Å². The van der Waals surface area contributed by atoms with Gasteiger partial charge in [0.2, 0.25) is 0 Å². The molecule has 1 aromatic heterocycles. The number of furan rings is 1. The number of carbonyl (C=O) groups is 1. The molecular weight excluding hydrogens is 412 g/mol. The van der Waals surface area contributed by atoms with E-state index >= 15 is 0 Å². The molecule has 0 atom stereocenters. The summed E-state index contributed by atoms with van der Waals surface area (Å²) in [6.45, 7) is -0.00952. The lowest BCUT2D eigenvalue weighted by atomic mass is 10.1. The number of para-hydroxylation sites is 2. The number of non-ortho nitro benzene ring substituents is 1. The monoisotopic (exact) mass is 428 g/mol. The number of nitrogens with zero attached hydrogens (tertiary/aromatic N) is 2. The lowest BCUT2D eigenvalue weighted by Gasteiger charge is -2.09. The van der Waals surface area contributed by atoms with Gasteiger partial charge in [-0.15, -0.1) is 0 Å². The summed E-state index contributed by atoms with van der Waals surface area (Å²) in [5, 5.41) is 18.1. The number of ether oxygens (including phenoxy) is 1. The fraction of sp³-hybridized carbons (Fsp3) is 0.100. The zero-order valence-corrected chi connectivity index (χ0v) is 16.6. The third-order valence-electron chi connectivity index (χ3n) is 3.98. The van der Waals surface area contributed by atoms with E-state index in [-0.39, 0.29) is 18.1 Å². The predicted molar refractivity (Wildman–Crippen MR) is 113 cm³/mol. The van der Waals surface area contributed by atoms with Crippen molar-refractivity contribution < 1.29 is 18.9 Å². The number of hydrazone groups is 1. The molecule has 0 bridgehead atoms. The highest BCUT2D eigenvalue weighted by atomic mass is 35.5. The maximum Gasteiger partial charge on any atom is 0.270 e. The largest absolute Gasteiger partial charge is 0.495 e. The van der Waals surface area contributed by atoms with Gasteiger partial charge in [0.25, 0.3) is 11.6 Å². The predicted octanol–water partition coefficient (Wildman–Crippen LogP) is 4.08. The van der Waals surface area contributed by atoms with Crippen molar-refractivity contribution in [2.24, 2.45) is 5.10 Å². The Bertz CT molecular complexity index is 1100. The van der Waals surface area contributed by atoms with E-state index in [1.54, 1.807) is 31.4 Å². The van der Waals surface area contributed by atoms with Crippen molar-refractivity contribution in [1.82, 2.24) is 5.43 Å². The zero-order valence-electron chi connectivity index (χ0n) is 15.8. The summed E-state index contributed by atoms with van der Waals surface area (Å²) in [6.07, 6.45) is 1.32. The maximum atomic E-state index is 11.9. The number of nitro groups is 1. The minimum Gasteiger partial charge on any atom is -0.495 e. The first kappa shape index (κ1) is 20.9. The molecule has 0 aliphatic rings. The van der Waals surface area contributed by atoms with Crippen molar-refractivity contribution in [1.29, 1.82) is 0 Å². The number of amides is 1. The Morgan fingerprint density at radius 1 is 1.27 bits per heavy atom. The SMILES string of the molecule is COc1ccccc1NCC(=O)N/N=C/c1ccc(-c2cc([N+](=O)[O-])ccc2Cl)o1. The molecule has 0 aliphatic carbocycles. The second kappa shape index (κ2) is 9.57. The van der Waals surface area contributed by atoms with Crippen LogP contribution in [0.2, 0.25) is 5.02 Å². The van der Waals surface area contributed by atoms with E-state index in [9.17, 15) is 14.9 Å². The van der Waals surface area contributed by atoms with Gasteiger partial charge in [-0.05, 0) is 30.3 Å². The first-order chi connectivity index (χ1) is 14.5. The van der Waals surface area contributed by atoms with Gasteiger partial charge in [-0.25, -0.2) is 5.43 Å². The summed E-state index contributed by atoms with van der Waals surface area (Å²) in [5.74, 6) is 0.933. The third-order valence-corrected chi connectivity index (χ3v) is 4.31. The fourth-order valence-electron chi connectivity index (χ4n) is 2.56. The summed E-state index contributed by atoms with van der Waals surface area (Å²) in [6, 6.07) is 14.5. The molecule has 1 amide bonds. The lowest BCUT2D eigenvalue weighted by Crippen LogP contribution is -2.26. The second-order valence-corrected chi connectivity index (χ2v) is 6.38. The topological polar surface area (TPSA) is 119 Å². The Kier molecular flexibility index (Phi) is 6.66. The molecule has 3 rings (SSSR count). The van der Waals surface area contributed by atoms with Crippen LogP contribution in [0, 0.1) is 10.1 Å². The molecule has 0 aliphatic heterocycles. The molecule has 0 saturated heterocycles. The van der Waals surface area contributed by atoms with Crippen LogP contribution in [0.4, 0.5) is 11.4 Å². The van der Waals surface area contributed by atoms with Crippen molar-refractivity contribution >= 4 is 35.1 Å². The number of hydrogen-bond donors (Lipinski definition) is 2. The Morgan fingerprint density at radius 2 is 2.07 bits per heavy atom. The van der Waals surface area contributed by atoms with Crippen LogP contribution in [0.1, 0.15) is 5.76 Å². The van der Waals surface area contributed by atoms with Crippen molar-refractivity contribution in [2.45, 2.75) is 0 Å². The number of rotatable bonds is 8. The highest BCUT2D eigenvalue weighted by molar-refractivity contribution is 6.33. The summed E-state index contributed by atoms with van der Waals surface area (Å²) in [4.78, 5) is 22.4. The molecule has 154 valence electrons. The number of nitrogens with one attached hydrogen (secondary N) is 2. The standard InChI is InChI=1S/C20H17ClN4O5/c1-29-19-5-3-2-4-17(19)22-12-20(26)24-23-11-14-7-9-18(30-14)15-10-13(25(27)28)6-8-16(15)21/h2-11,22H,12H2,1H3,(H,24,26)/b23-11+. The molecule has 1 heterocycles. The normalized spacial score (nSPS) is 10.7. The summed E-state index contributed by atoms with van der Waals surface area (Å²) >= 11 is 6.11. The molecule has 0 unspecified atom stereocenters. The van der Waals surface area contributed by atoms with Crippen LogP contribution in [0.15, 0.2) is 64.1 Å². The summed E-state index contributed by atoms with van der Waals surface area (Å²) in [5.41, 5.74) is 3.34. The van der Waals surface area contributed by atoms with Crippen LogP contribution in [-0.2, 0) is 4.79 Å². The molecule has 2 aromatic carbocycles. The number of benzene rings is 2. The van der Waals surface area contributed by atoms with Crippen LogP contribution in [-0.4, -0.2) is 30.7 Å². The minimum absolute atomic E-state index is 0.00952. The molecule has 9 nitrogen and oxygen atoms in total. The van der Waals surface area contributed by atoms with Crippen molar-refractivity contribution in [3.63, 3.8) is 0 Å². The van der Waals surface area contributed by atoms with Crippen molar-refractivity contribution in [3.8, 4) is 17.1 Å². The van der Waals surface area contributed by atoms with Gasteiger partial charge in [-0.3, -0.25) is 14.9 Å². The van der Waals surface area contributed by atoms with E-state index in [0.29, 0.717) is 33.5 Å². The highest BCUT2D eigenvalue weighted by Gasteiger charge is 2.14. The van der Waals surface area contributed by atoms with E-state index in [4.69, 9.17) is 20.8 Å². The average molecular weight is 429 g/mol. The molecule has 2 N–H and O–H groups in total. The van der Waals surface area contributed by atoms with Gasteiger partial charge in [-0.2, -0.15) is 5.10 Å². The Morgan fingerprint density at radius 3 is 2.83 bits per heavy atom. The second-order valence-electron chi connectivity index (χ2n) is 5.97. The molecular formula is C20H17ClN4O5. The molecule has 0 saturated carbocycles. The number of nitro benzene ring substituents is 1. The van der Waals surface area contributed by atoms with Crippen molar-refractivity contribution in [2.75, 3.05) is 19.0 Å². The van der Waals surface area contributed by atoms with E-state index in [1.165, 1.54) is 24.4 Å². The van der Waals surface area contributed by atoms with Gasteiger partial charge in [0.05, 0.1) is 35.5 Å². The molecule has 3 aromatic rings. The summed E-state index contributed by atoms with van der Waals surface area (Å²) < 4.78 is 10.8. The van der Waals surface area contributed by atoms with Crippen LogP contribution >= 0.6 is 11.6 Å². The number of hydrogen-bond acceptors (Lipinski definition) is 7. The Hall–Kier alpha value is -3.85. The van der Waals surface area contributed by atoms with Crippen molar-refractivity contribution in [3.05, 3.63) is 75.5 Å². The van der Waals surface area contributed by atoms with Crippen LogP contribution in [0.3, 0.4) is 0 Å². The van der Waals surface area contributed by atoms with Gasteiger partial charge in [0.1, 0.15) is 17.3 Å². The quantitative estimate of drug-likeness (QED) is 0.317. The highest BCUT2D eigenvalue weighted by Crippen LogP contribution is 2.32. The van der Waals surface area contributed by atoms with E-state index in [1.807, 2.05) is 12.1 Å². The number of carbonyl (C=O) groups excluding carboxylic acids is 1. The van der Waals surface area contributed by atoms with Gasteiger partial charge in [0.15, 0.2) is 0 Å². The Labute approximate surface area is 176 Å². The third kappa shape index (κ3) is 5.15. The number of halogens is 1. The molecule has 0 radical (unpaired) electrons. The Balaban J connectivity index is 1.59. The molecule has 0 spiro atoms. The van der Waals surface area contributed by atoms with Crippen LogP contribution in [0.25, 0.3) is 11.3 Å². The van der Waals surface area contributed by atoms with Gasteiger partial charge in [-0.1, -0.05) is 23.7 Å². The minimum atomic E-state index is -0.514. The molecule has 30 heavy (non-hydrogen) atoms. The molecule has 10 heteroatoms. The molecule has 0 fully saturated rings. The first-order valence-corrected chi connectivity index (χ1v) is 9.08. The van der Waals surface area contributed by atoms with Gasteiger partial charge >= 0.3 is 0 Å². The maximum absolute atomic E-state index is 11.9. The van der Waals surface area contributed by atoms with Gasteiger partial charge in [0, 0.05) is 17.7 Å². The summed E-state index contributed by atoms with van der Waals surface area (Å²) in [7, 11) is 1.54. The smallest absolute Gasteiger partial charge is 0.270 e. The lowest BCUT2D eigenvalue weighted by molar-refractivity contribution is -0.384. The van der Waals surface area contributed by atoms with Crippen LogP contribution < -0.4 is 15.5 Å². The zero-order chi connectivity index (χ0) is 21.5. The average Bonchev–Trinajstić information content (AvgIpc) is 3.21. The van der Waals surface area contributed by atoms with Gasteiger partial charge < -0.3 is 14.5 Å². The number of anilines is 1. The van der Waals surface area contributed by atoms with E-state index in [0.717, 1.165) is 0 Å². The number of methoxy groups -OCH3 is 1. The first-order valence-electron chi connectivity index (χ1n) is 8.71. The fourth-order valence-corrected chi connectivity index (χ4v) is 2.77. The van der Waals surface area contributed by atoms with E-state index in [2.05, 4.69) is 15.8 Å². The van der Waals surface area contributed by atoms with Crippen LogP contribution in [0.5, 0.6) is 5.75 Å².